The summed E-state index contributed by atoms with van der Waals surface area (Å²) in [7, 11) is 0. The van der Waals surface area contributed by atoms with E-state index in [9.17, 15) is 19.8 Å². The fourth-order valence-electron chi connectivity index (χ4n) is 4.20. The van der Waals surface area contributed by atoms with E-state index in [1.165, 1.54) is 6.07 Å². The zero-order valence-corrected chi connectivity index (χ0v) is 17.1. The number of aryl methyl sites for hydroxylation is 1. The lowest BCUT2D eigenvalue weighted by molar-refractivity contribution is -0.132. The number of benzene rings is 1. The van der Waals surface area contributed by atoms with Crippen molar-refractivity contribution in [1.29, 1.82) is 0 Å². The summed E-state index contributed by atoms with van der Waals surface area (Å²) >= 11 is 0. The van der Waals surface area contributed by atoms with Crippen LogP contribution >= 0.6 is 0 Å². The Morgan fingerprint density at radius 2 is 2.00 bits per heavy atom. The fraction of sp³-hybridized carbons (Fsp3) is 0.565. The van der Waals surface area contributed by atoms with Gasteiger partial charge in [-0.3, -0.25) is 9.59 Å². The van der Waals surface area contributed by atoms with Gasteiger partial charge in [-0.05, 0) is 62.5 Å². The molecule has 4 heteroatoms. The number of ketones is 1. The summed E-state index contributed by atoms with van der Waals surface area (Å²) in [5.41, 5.74) is 2.32. The number of allylic oxidation sites excluding steroid dienone is 2. The number of aromatic hydroxyl groups is 2. The van der Waals surface area contributed by atoms with E-state index in [4.69, 9.17) is 0 Å². The van der Waals surface area contributed by atoms with Gasteiger partial charge in [0.1, 0.15) is 17.3 Å². The van der Waals surface area contributed by atoms with Crippen molar-refractivity contribution in [3.8, 4) is 11.5 Å². The first-order valence-electron chi connectivity index (χ1n) is 9.79. The molecule has 0 bridgehead atoms. The number of carbonyl (C=O) groups is 2. The zero-order valence-electron chi connectivity index (χ0n) is 17.1. The number of Topliss-reactive ketones (excluding diaryl/α,β-unsaturated/α-hetero) is 1. The highest BCUT2D eigenvalue weighted by Gasteiger charge is 2.42. The SMILES string of the molecule is C/C(=C\Cc1c(O)cc(C)c(C=O)c1O)CC[C@@]1(C)[C@H](C)CCC(=O)[C@@H]1C. The molecule has 3 atom stereocenters. The molecule has 1 fully saturated rings. The molecule has 0 aliphatic heterocycles. The van der Waals surface area contributed by atoms with Crippen molar-refractivity contribution < 1.29 is 19.8 Å². The highest BCUT2D eigenvalue weighted by atomic mass is 16.3. The van der Waals surface area contributed by atoms with E-state index < -0.39 is 0 Å². The molecule has 0 spiro atoms. The van der Waals surface area contributed by atoms with Crippen molar-refractivity contribution in [3.05, 3.63) is 34.4 Å². The average molecular weight is 373 g/mol. The number of carbonyl (C=O) groups excluding carboxylic acids is 2. The summed E-state index contributed by atoms with van der Waals surface area (Å²) < 4.78 is 0. The van der Waals surface area contributed by atoms with Gasteiger partial charge < -0.3 is 10.2 Å². The van der Waals surface area contributed by atoms with Gasteiger partial charge in [0.2, 0.25) is 0 Å². The molecule has 0 radical (unpaired) electrons. The second kappa shape index (κ2) is 8.28. The second-order valence-electron chi connectivity index (χ2n) is 8.46. The van der Waals surface area contributed by atoms with Crippen molar-refractivity contribution in [2.45, 2.75) is 66.7 Å². The predicted molar refractivity (Wildman–Crippen MR) is 107 cm³/mol. The van der Waals surface area contributed by atoms with E-state index in [1.807, 2.05) is 13.0 Å². The molecular formula is C23H32O4. The first-order chi connectivity index (χ1) is 12.6. The van der Waals surface area contributed by atoms with E-state index in [-0.39, 0.29) is 28.4 Å². The highest BCUT2D eigenvalue weighted by Crippen LogP contribution is 2.47. The summed E-state index contributed by atoms with van der Waals surface area (Å²) in [6.07, 6.45) is 6.43. The number of aldehydes is 1. The fourth-order valence-corrected chi connectivity index (χ4v) is 4.20. The molecule has 27 heavy (non-hydrogen) atoms. The molecule has 0 heterocycles. The molecule has 1 saturated carbocycles. The third-order valence-electron chi connectivity index (χ3n) is 6.88. The van der Waals surface area contributed by atoms with Crippen LogP contribution in [0.3, 0.4) is 0 Å². The van der Waals surface area contributed by atoms with Gasteiger partial charge in [0.05, 0.1) is 5.56 Å². The lowest BCUT2D eigenvalue weighted by atomic mass is 9.59. The molecular weight excluding hydrogens is 340 g/mol. The van der Waals surface area contributed by atoms with Crippen LogP contribution in [-0.2, 0) is 11.2 Å². The number of rotatable bonds is 6. The molecule has 0 amide bonds. The van der Waals surface area contributed by atoms with Crippen LogP contribution in [0.4, 0.5) is 0 Å². The smallest absolute Gasteiger partial charge is 0.154 e. The molecule has 1 aromatic rings. The maximum Gasteiger partial charge on any atom is 0.154 e. The summed E-state index contributed by atoms with van der Waals surface area (Å²) in [5, 5.41) is 20.4. The first kappa shape index (κ1) is 21.2. The molecule has 0 unspecified atom stereocenters. The van der Waals surface area contributed by atoms with Crippen molar-refractivity contribution in [2.75, 3.05) is 0 Å². The number of hydrogen-bond donors (Lipinski definition) is 2. The minimum Gasteiger partial charge on any atom is -0.508 e. The van der Waals surface area contributed by atoms with Crippen LogP contribution < -0.4 is 0 Å². The van der Waals surface area contributed by atoms with Gasteiger partial charge in [0, 0.05) is 17.9 Å². The Bertz CT molecular complexity index is 762. The molecule has 148 valence electrons. The predicted octanol–water partition coefficient (Wildman–Crippen LogP) is 5.13. The van der Waals surface area contributed by atoms with Gasteiger partial charge in [-0.15, -0.1) is 0 Å². The van der Waals surface area contributed by atoms with Crippen molar-refractivity contribution >= 4 is 12.1 Å². The molecule has 1 aromatic carbocycles. The Kier molecular flexibility index (Phi) is 6.50. The lowest BCUT2D eigenvalue weighted by Gasteiger charge is -2.44. The van der Waals surface area contributed by atoms with Crippen molar-refractivity contribution in [2.24, 2.45) is 17.3 Å². The van der Waals surface area contributed by atoms with Crippen LogP contribution in [0.1, 0.15) is 74.9 Å². The molecule has 1 aliphatic rings. The van der Waals surface area contributed by atoms with Crippen LogP contribution in [0.2, 0.25) is 0 Å². The molecule has 4 nitrogen and oxygen atoms in total. The molecule has 0 saturated heterocycles. The van der Waals surface area contributed by atoms with Crippen LogP contribution in [0.5, 0.6) is 11.5 Å². The van der Waals surface area contributed by atoms with E-state index in [2.05, 4.69) is 20.8 Å². The van der Waals surface area contributed by atoms with E-state index in [0.29, 0.717) is 42.0 Å². The van der Waals surface area contributed by atoms with Crippen molar-refractivity contribution in [3.63, 3.8) is 0 Å². The van der Waals surface area contributed by atoms with Crippen molar-refractivity contribution in [1.82, 2.24) is 0 Å². The maximum absolute atomic E-state index is 12.2. The first-order valence-corrected chi connectivity index (χ1v) is 9.79. The van der Waals surface area contributed by atoms with Gasteiger partial charge in [0.25, 0.3) is 0 Å². The largest absolute Gasteiger partial charge is 0.508 e. The Hall–Kier alpha value is -2.10. The highest BCUT2D eigenvalue weighted by molar-refractivity contribution is 5.83. The monoisotopic (exact) mass is 372 g/mol. The summed E-state index contributed by atoms with van der Waals surface area (Å²) in [6.45, 7) is 10.2. The van der Waals surface area contributed by atoms with Crippen LogP contribution in [0.15, 0.2) is 17.7 Å². The average Bonchev–Trinajstić information content (AvgIpc) is 2.61. The van der Waals surface area contributed by atoms with Gasteiger partial charge >= 0.3 is 0 Å². The maximum atomic E-state index is 12.2. The number of phenols is 2. The third-order valence-corrected chi connectivity index (χ3v) is 6.88. The molecule has 0 aromatic heterocycles. The van der Waals surface area contributed by atoms with E-state index >= 15 is 0 Å². The van der Waals surface area contributed by atoms with Gasteiger partial charge in [-0.2, -0.15) is 0 Å². The molecule has 2 N–H and O–H groups in total. The van der Waals surface area contributed by atoms with E-state index in [0.717, 1.165) is 24.8 Å². The van der Waals surface area contributed by atoms with Crippen LogP contribution in [0, 0.1) is 24.2 Å². The molecule has 2 rings (SSSR count). The van der Waals surface area contributed by atoms with E-state index in [1.54, 1.807) is 6.92 Å². The Morgan fingerprint density at radius 3 is 2.63 bits per heavy atom. The lowest BCUT2D eigenvalue weighted by Crippen LogP contribution is -2.41. The normalized spacial score (nSPS) is 26.3. The van der Waals surface area contributed by atoms with Crippen LogP contribution in [0.25, 0.3) is 0 Å². The van der Waals surface area contributed by atoms with Gasteiger partial charge in [0.15, 0.2) is 6.29 Å². The zero-order chi connectivity index (χ0) is 20.4. The Labute approximate surface area is 162 Å². The Balaban J connectivity index is 2.11. The topological polar surface area (TPSA) is 74.6 Å². The quantitative estimate of drug-likeness (QED) is 0.536. The summed E-state index contributed by atoms with van der Waals surface area (Å²) in [4.78, 5) is 23.3. The third kappa shape index (κ3) is 4.26. The summed E-state index contributed by atoms with van der Waals surface area (Å²) in [6, 6.07) is 1.51. The number of phenolic OH excluding ortho intramolecular Hbond substituents is 2. The minimum absolute atomic E-state index is 0.00323. The Morgan fingerprint density at radius 1 is 1.33 bits per heavy atom. The minimum atomic E-state index is -0.140. The van der Waals surface area contributed by atoms with Gasteiger partial charge in [-0.1, -0.05) is 32.4 Å². The van der Waals surface area contributed by atoms with Crippen LogP contribution in [-0.4, -0.2) is 22.3 Å². The summed E-state index contributed by atoms with van der Waals surface area (Å²) in [5.74, 6) is 0.825. The second-order valence-corrected chi connectivity index (χ2v) is 8.46. The number of hydrogen-bond acceptors (Lipinski definition) is 4. The van der Waals surface area contributed by atoms with Gasteiger partial charge in [-0.25, -0.2) is 0 Å². The molecule has 1 aliphatic carbocycles. The standard InChI is InChI=1S/C23H32O4/c1-14(10-11-23(5)16(3)7-9-20(25)17(23)4)6-8-18-21(26)12-15(2)19(13-24)22(18)27/h6,12-13,16-17,26-27H,7-11H2,1-5H3/b14-6+/t16-,17+,23+/m1/s1.